The minimum absolute atomic E-state index is 0. The molecule has 0 spiro atoms. The maximum Gasteiger partial charge on any atom is 0.0455 e. The van der Waals surface area contributed by atoms with Gasteiger partial charge in [-0.15, -0.1) is 12.4 Å². The Kier molecular flexibility index (Phi) is 4.53. The molecular weight excluding hydrogens is 226 g/mol. The van der Waals surface area contributed by atoms with Crippen molar-refractivity contribution >= 4 is 29.9 Å². The molecule has 2 rings (SSSR count). The van der Waals surface area contributed by atoms with Gasteiger partial charge in [0.2, 0.25) is 0 Å². The zero-order valence-corrected chi connectivity index (χ0v) is 9.72. The molecule has 0 aliphatic heterocycles. The van der Waals surface area contributed by atoms with Crippen LogP contribution in [-0.2, 0) is 0 Å². The highest BCUT2D eigenvalue weighted by molar-refractivity contribution is 7.99. The molecule has 0 aliphatic rings. The first-order valence-corrected chi connectivity index (χ1v) is 5.25. The van der Waals surface area contributed by atoms with Gasteiger partial charge in [-0.25, -0.2) is 0 Å². The molecule has 0 fully saturated rings. The molecule has 2 aromatic carbocycles. The summed E-state index contributed by atoms with van der Waals surface area (Å²) in [6.07, 6.45) is 0. The number of hydrogen-bond acceptors (Lipinski definition) is 2. The van der Waals surface area contributed by atoms with Gasteiger partial charge in [0.25, 0.3) is 0 Å². The van der Waals surface area contributed by atoms with Crippen LogP contribution in [0.4, 0.5) is 5.69 Å². The molecule has 78 valence electrons. The van der Waals surface area contributed by atoms with Crippen LogP contribution in [0.3, 0.4) is 0 Å². The van der Waals surface area contributed by atoms with Crippen LogP contribution >= 0.6 is 24.2 Å². The van der Waals surface area contributed by atoms with Crippen molar-refractivity contribution in [3.05, 3.63) is 54.6 Å². The van der Waals surface area contributed by atoms with Crippen LogP contribution in [0.2, 0.25) is 0 Å². The highest BCUT2D eigenvalue weighted by atomic mass is 35.5. The summed E-state index contributed by atoms with van der Waals surface area (Å²) in [6.45, 7) is 0. The number of halogens is 1. The molecule has 1 nitrogen and oxygen atoms in total. The molecule has 2 aromatic rings. The third kappa shape index (κ3) is 3.18. The summed E-state index contributed by atoms with van der Waals surface area (Å²) in [4.78, 5) is 2.32. The molecule has 2 N–H and O–H groups in total. The molecule has 0 heterocycles. The van der Waals surface area contributed by atoms with E-state index in [0.29, 0.717) is 0 Å². The van der Waals surface area contributed by atoms with E-state index in [1.165, 1.54) is 4.90 Å². The van der Waals surface area contributed by atoms with Crippen LogP contribution in [0.25, 0.3) is 0 Å². The number of para-hydroxylation sites is 1. The van der Waals surface area contributed by atoms with Crippen molar-refractivity contribution in [3.8, 4) is 0 Å². The van der Waals surface area contributed by atoms with Crippen LogP contribution in [0.5, 0.6) is 0 Å². The van der Waals surface area contributed by atoms with Gasteiger partial charge in [0, 0.05) is 15.5 Å². The zero-order chi connectivity index (χ0) is 9.80. The molecule has 0 saturated heterocycles. The second-order valence-electron chi connectivity index (χ2n) is 2.95. The van der Waals surface area contributed by atoms with Gasteiger partial charge in [-0.05, 0) is 24.3 Å². The lowest BCUT2D eigenvalue weighted by atomic mass is 10.3. The van der Waals surface area contributed by atoms with E-state index in [1.54, 1.807) is 11.8 Å². The minimum Gasteiger partial charge on any atom is -0.398 e. The van der Waals surface area contributed by atoms with Crippen molar-refractivity contribution in [1.29, 1.82) is 0 Å². The second-order valence-corrected chi connectivity index (χ2v) is 4.07. The molecular formula is C12H12ClNS. The van der Waals surface area contributed by atoms with Gasteiger partial charge in [-0.3, -0.25) is 0 Å². The molecule has 0 amide bonds. The van der Waals surface area contributed by atoms with Crippen molar-refractivity contribution in [2.45, 2.75) is 9.79 Å². The molecule has 0 saturated carbocycles. The average Bonchev–Trinajstić information content (AvgIpc) is 2.23. The van der Waals surface area contributed by atoms with E-state index in [0.717, 1.165) is 10.6 Å². The largest absolute Gasteiger partial charge is 0.398 e. The van der Waals surface area contributed by atoms with Gasteiger partial charge >= 0.3 is 0 Å². The van der Waals surface area contributed by atoms with Gasteiger partial charge in [0.15, 0.2) is 0 Å². The maximum absolute atomic E-state index is 5.85. The van der Waals surface area contributed by atoms with Crippen LogP contribution in [-0.4, -0.2) is 0 Å². The second kappa shape index (κ2) is 5.69. The molecule has 15 heavy (non-hydrogen) atoms. The van der Waals surface area contributed by atoms with E-state index in [2.05, 4.69) is 12.1 Å². The van der Waals surface area contributed by atoms with Crippen molar-refractivity contribution in [3.63, 3.8) is 0 Å². The van der Waals surface area contributed by atoms with Crippen LogP contribution in [0.15, 0.2) is 64.4 Å². The lowest BCUT2D eigenvalue weighted by molar-refractivity contribution is 1.41. The lowest BCUT2D eigenvalue weighted by Gasteiger charge is -2.03. The first-order chi connectivity index (χ1) is 6.86. The van der Waals surface area contributed by atoms with Crippen LogP contribution in [0, 0.1) is 0 Å². The Bertz CT molecular complexity index is 417. The Morgan fingerprint density at radius 1 is 0.800 bits per heavy atom. The maximum atomic E-state index is 5.85. The molecule has 0 aliphatic carbocycles. The van der Waals surface area contributed by atoms with Gasteiger partial charge in [0.05, 0.1) is 0 Å². The molecule has 0 aromatic heterocycles. The zero-order valence-electron chi connectivity index (χ0n) is 8.09. The van der Waals surface area contributed by atoms with E-state index in [-0.39, 0.29) is 12.4 Å². The summed E-state index contributed by atoms with van der Waals surface area (Å²) in [5.74, 6) is 0. The topological polar surface area (TPSA) is 26.0 Å². The molecule has 0 atom stereocenters. The number of anilines is 1. The summed E-state index contributed by atoms with van der Waals surface area (Å²) >= 11 is 1.69. The number of nitrogens with two attached hydrogens (primary N) is 1. The molecule has 0 radical (unpaired) electrons. The summed E-state index contributed by atoms with van der Waals surface area (Å²) in [6, 6.07) is 18.1. The number of hydrogen-bond donors (Lipinski definition) is 1. The SMILES string of the molecule is Cl.Nc1ccccc1Sc1ccccc1. The van der Waals surface area contributed by atoms with Gasteiger partial charge < -0.3 is 5.73 Å². The standard InChI is InChI=1S/C12H11NS.ClH/c13-11-8-4-5-9-12(11)14-10-6-2-1-3-7-10;/h1-9H,13H2;1H. The third-order valence-electron chi connectivity index (χ3n) is 1.89. The number of nitrogen functional groups attached to an aromatic ring is 1. The van der Waals surface area contributed by atoms with E-state index < -0.39 is 0 Å². The van der Waals surface area contributed by atoms with Gasteiger partial charge in [-0.1, -0.05) is 42.1 Å². The Hall–Kier alpha value is -1.12. The first kappa shape index (κ1) is 12.0. The lowest BCUT2D eigenvalue weighted by Crippen LogP contribution is -1.86. The van der Waals surface area contributed by atoms with Crippen molar-refractivity contribution in [2.24, 2.45) is 0 Å². The first-order valence-electron chi connectivity index (χ1n) is 4.43. The highest BCUT2D eigenvalue weighted by Gasteiger charge is 1.99. The van der Waals surface area contributed by atoms with Crippen LogP contribution < -0.4 is 5.73 Å². The minimum atomic E-state index is 0. The summed E-state index contributed by atoms with van der Waals surface area (Å²) in [5, 5.41) is 0. The quantitative estimate of drug-likeness (QED) is 0.804. The van der Waals surface area contributed by atoms with E-state index >= 15 is 0 Å². The predicted octanol–water partition coefficient (Wildman–Crippen LogP) is 3.84. The van der Waals surface area contributed by atoms with E-state index in [1.807, 2.05) is 42.5 Å². The average molecular weight is 238 g/mol. The van der Waals surface area contributed by atoms with E-state index in [4.69, 9.17) is 5.73 Å². The smallest absolute Gasteiger partial charge is 0.0455 e. The van der Waals surface area contributed by atoms with Crippen molar-refractivity contribution < 1.29 is 0 Å². The predicted molar refractivity (Wildman–Crippen MR) is 68.7 cm³/mol. The highest BCUT2D eigenvalue weighted by Crippen LogP contribution is 2.31. The fourth-order valence-corrected chi connectivity index (χ4v) is 2.07. The Labute approximate surface area is 100 Å². The summed E-state index contributed by atoms with van der Waals surface area (Å²) < 4.78 is 0. The van der Waals surface area contributed by atoms with Crippen molar-refractivity contribution in [1.82, 2.24) is 0 Å². The monoisotopic (exact) mass is 237 g/mol. The van der Waals surface area contributed by atoms with Gasteiger partial charge in [-0.2, -0.15) is 0 Å². The van der Waals surface area contributed by atoms with Gasteiger partial charge in [0.1, 0.15) is 0 Å². The Balaban J connectivity index is 0.00000112. The summed E-state index contributed by atoms with van der Waals surface area (Å²) in [7, 11) is 0. The molecule has 3 heteroatoms. The van der Waals surface area contributed by atoms with Crippen LogP contribution in [0.1, 0.15) is 0 Å². The third-order valence-corrected chi connectivity index (χ3v) is 2.99. The summed E-state index contributed by atoms with van der Waals surface area (Å²) in [5.41, 5.74) is 6.68. The number of benzene rings is 2. The number of rotatable bonds is 2. The van der Waals surface area contributed by atoms with E-state index in [9.17, 15) is 0 Å². The van der Waals surface area contributed by atoms with Crippen molar-refractivity contribution in [2.75, 3.05) is 5.73 Å². The fourth-order valence-electron chi connectivity index (χ4n) is 1.19. The molecule has 0 unspecified atom stereocenters. The molecule has 0 bridgehead atoms. The normalized spacial score (nSPS) is 9.33. The Morgan fingerprint density at radius 2 is 1.40 bits per heavy atom. The Morgan fingerprint density at radius 3 is 2.07 bits per heavy atom. The fraction of sp³-hybridized carbons (Fsp3) is 0.